The number of anilines is 1. The summed E-state index contributed by atoms with van der Waals surface area (Å²) in [7, 11) is 0. The summed E-state index contributed by atoms with van der Waals surface area (Å²) in [5.74, 6) is -2.36. The molecule has 0 saturated carbocycles. The molecule has 0 aliphatic carbocycles. The summed E-state index contributed by atoms with van der Waals surface area (Å²) in [5.41, 5.74) is -0.903. The summed E-state index contributed by atoms with van der Waals surface area (Å²) < 4.78 is 68.7. The van der Waals surface area contributed by atoms with Gasteiger partial charge < -0.3 is 19.5 Å². The first kappa shape index (κ1) is 19.1. The third-order valence-corrected chi connectivity index (χ3v) is 3.72. The summed E-state index contributed by atoms with van der Waals surface area (Å²) in [6.07, 6.45) is -5.44. The minimum atomic E-state index is -4.64. The lowest BCUT2D eigenvalue weighted by Gasteiger charge is -2.22. The van der Waals surface area contributed by atoms with E-state index in [9.17, 15) is 22.4 Å². The number of ether oxygens (including phenoxy) is 3. The standard InChI is InChI=1S/C18H15F4NO4/c19-13-9-11(23-17(24)16-10-25-7-8-26-16)5-6-15(13)27-14-4-2-1-3-12(14)18(20,21)22/h1-6,9,16H,7-8,10H2,(H,23,24)/t16-/m1/s1. The second-order valence-corrected chi connectivity index (χ2v) is 5.66. The van der Waals surface area contributed by atoms with E-state index in [0.717, 1.165) is 24.3 Å². The molecule has 3 rings (SSSR count). The third-order valence-electron chi connectivity index (χ3n) is 3.72. The van der Waals surface area contributed by atoms with Gasteiger partial charge in [0.05, 0.1) is 25.4 Å². The molecule has 0 aromatic heterocycles. The van der Waals surface area contributed by atoms with Crippen LogP contribution >= 0.6 is 0 Å². The molecule has 0 spiro atoms. The molecule has 1 aliphatic heterocycles. The quantitative estimate of drug-likeness (QED) is 0.809. The number of amides is 1. The normalized spacial score (nSPS) is 17.4. The van der Waals surface area contributed by atoms with E-state index in [1.54, 1.807) is 0 Å². The second kappa shape index (κ2) is 7.93. The lowest BCUT2D eigenvalue weighted by Crippen LogP contribution is -2.39. The van der Waals surface area contributed by atoms with Crippen LogP contribution in [0.25, 0.3) is 0 Å². The number of benzene rings is 2. The molecule has 1 N–H and O–H groups in total. The molecule has 1 amide bonds. The van der Waals surface area contributed by atoms with Crippen LogP contribution in [0, 0.1) is 5.82 Å². The first-order chi connectivity index (χ1) is 12.8. The topological polar surface area (TPSA) is 56.8 Å². The average molecular weight is 385 g/mol. The maximum atomic E-state index is 14.2. The van der Waals surface area contributed by atoms with Crippen LogP contribution in [0.4, 0.5) is 23.2 Å². The molecule has 5 nitrogen and oxygen atoms in total. The van der Waals surface area contributed by atoms with Gasteiger partial charge in [-0.15, -0.1) is 0 Å². The van der Waals surface area contributed by atoms with E-state index in [1.807, 2.05) is 0 Å². The Balaban J connectivity index is 1.73. The lowest BCUT2D eigenvalue weighted by atomic mass is 10.2. The van der Waals surface area contributed by atoms with E-state index in [4.69, 9.17) is 14.2 Å². The predicted octanol–water partition coefficient (Wildman–Crippen LogP) is 3.99. The lowest BCUT2D eigenvalue weighted by molar-refractivity contribution is -0.142. The van der Waals surface area contributed by atoms with E-state index >= 15 is 0 Å². The maximum absolute atomic E-state index is 14.2. The van der Waals surface area contributed by atoms with E-state index in [2.05, 4.69) is 5.32 Å². The van der Waals surface area contributed by atoms with E-state index in [0.29, 0.717) is 6.61 Å². The summed E-state index contributed by atoms with van der Waals surface area (Å²) in [6, 6.07) is 7.90. The first-order valence-electron chi connectivity index (χ1n) is 7.98. The zero-order valence-corrected chi connectivity index (χ0v) is 13.9. The molecule has 2 aromatic rings. The van der Waals surface area contributed by atoms with Crippen molar-refractivity contribution < 1.29 is 36.6 Å². The van der Waals surface area contributed by atoms with Crippen LogP contribution in [0.15, 0.2) is 42.5 Å². The summed E-state index contributed by atoms with van der Waals surface area (Å²) in [6.45, 7) is 0.755. The summed E-state index contributed by atoms with van der Waals surface area (Å²) in [4.78, 5) is 12.0. The predicted molar refractivity (Wildman–Crippen MR) is 87.1 cm³/mol. The number of para-hydroxylation sites is 1. The molecule has 1 saturated heterocycles. The largest absolute Gasteiger partial charge is 0.454 e. The molecule has 0 bridgehead atoms. The number of rotatable bonds is 4. The highest BCUT2D eigenvalue weighted by molar-refractivity contribution is 5.94. The number of halogens is 4. The molecular formula is C18H15F4NO4. The molecule has 9 heteroatoms. The zero-order chi connectivity index (χ0) is 19.4. The monoisotopic (exact) mass is 385 g/mol. The van der Waals surface area contributed by atoms with Crippen molar-refractivity contribution in [3.63, 3.8) is 0 Å². The van der Waals surface area contributed by atoms with Gasteiger partial charge in [0.1, 0.15) is 5.75 Å². The fourth-order valence-electron chi connectivity index (χ4n) is 2.43. The molecule has 144 valence electrons. The van der Waals surface area contributed by atoms with E-state index in [-0.39, 0.29) is 18.9 Å². The molecule has 1 atom stereocenters. The van der Waals surface area contributed by atoms with Gasteiger partial charge in [-0.25, -0.2) is 4.39 Å². The van der Waals surface area contributed by atoms with Crippen molar-refractivity contribution in [2.75, 3.05) is 25.1 Å². The van der Waals surface area contributed by atoms with Gasteiger partial charge in [-0.05, 0) is 24.3 Å². The Morgan fingerprint density at radius 2 is 1.89 bits per heavy atom. The van der Waals surface area contributed by atoms with Crippen LogP contribution < -0.4 is 10.1 Å². The molecule has 1 aliphatic rings. The maximum Gasteiger partial charge on any atom is 0.419 e. The van der Waals surface area contributed by atoms with E-state index in [1.165, 1.54) is 18.2 Å². The summed E-state index contributed by atoms with van der Waals surface area (Å²) in [5, 5.41) is 2.46. The Labute approximate surface area is 151 Å². The van der Waals surface area contributed by atoms with Crippen LogP contribution in [0.3, 0.4) is 0 Å². The molecular weight excluding hydrogens is 370 g/mol. The minimum absolute atomic E-state index is 0.0870. The second-order valence-electron chi connectivity index (χ2n) is 5.66. The zero-order valence-electron chi connectivity index (χ0n) is 13.9. The van der Waals surface area contributed by atoms with Crippen LogP contribution in [0.2, 0.25) is 0 Å². The van der Waals surface area contributed by atoms with Gasteiger partial charge in [-0.3, -0.25) is 4.79 Å². The Hall–Kier alpha value is -2.65. The van der Waals surface area contributed by atoms with Gasteiger partial charge in [0, 0.05) is 11.8 Å². The smallest absolute Gasteiger partial charge is 0.419 e. The van der Waals surface area contributed by atoms with Crippen molar-refractivity contribution >= 4 is 11.6 Å². The van der Waals surface area contributed by atoms with Crippen LogP contribution in [0.1, 0.15) is 5.56 Å². The van der Waals surface area contributed by atoms with Crippen molar-refractivity contribution in [2.45, 2.75) is 12.3 Å². The molecule has 27 heavy (non-hydrogen) atoms. The number of hydrogen-bond acceptors (Lipinski definition) is 4. The van der Waals surface area contributed by atoms with Crippen LogP contribution in [-0.4, -0.2) is 31.8 Å². The number of carbonyl (C=O) groups excluding carboxylic acids is 1. The van der Waals surface area contributed by atoms with Crippen LogP contribution in [0.5, 0.6) is 11.5 Å². The van der Waals surface area contributed by atoms with Gasteiger partial charge >= 0.3 is 6.18 Å². The highest BCUT2D eigenvalue weighted by Crippen LogP contribution is 2.38. The average Bonchev–Trinajstić information content (AvgIpc) is 2.64. The van der Waals surface area contributed by atoms with Gasteiger partial charge in [0.2, 0.25) is 0 Å². The van der Waals surface area contributed by atoms with Crippen molar-refractivity contribution in [1.29, 1.82) is 0 Å². The van der Waals surface area contributed by atoms with Crippen molar-refractivity contribution in [3.8, 4) is 11.5 Å². The number of alkyl halides is 3. The molecule has 0 unspecified atom stereocenters. The Bertz CT molecular complexity index is 819. The van der Waals surface area contributed by atoms with Crippen LogP contribution in [-0.2, 0) is 20.4 Å². The fraction of sp³-hybridized carbons (Fsp3) is 0.278. The fourth-order valence-corrected chi connectivity index (χ4v) is 2.43. The van der Waals surface area contributed by atoms with Gasteiger partial charge in [-0.1, -0.05) is 12.1 Å². The highest BCUT2D eigenvalue weighted by atomic mass is 19.4. The first-order valence-corrected chi connectivity index (χ1v) is 7.98. The third kappa shape index (κ3) is 4.75. The van der Waals surface area contributed by atoms with Gasteiger partial charge in [-0.2, -0.15) is 13.2 Å². The minimum Gasteiger partial charge on any atom is -0.454 e. The summed E-state index contributed by atoms with van der Waals surface area (Å²) >= 11 is 0. The van der Waals surface area contributed by atoms with Crippen molar-refractivity contribution in [2.24, 2.45) is 0 Å². The molecule has 2 aromatic carbocycles. The Morgan fingerprint density at radius 3 is 2.56 bits per heavy atom. The van der Waals surface area contributed by atoms with Gasteiger partial charge in [0.15, 0.2) is 17.7 Å². The molecule has 1 fully saturated rings. The number of hydrogen-bond donors (Lipinski definition) is 1. The number of carbonyl (C=O) groups is 1. The number of nitrogens with one attached hydrogen (secondary N) is 1. The Morgan fingerprint density at radius 1 is 1.11 bits per heavy atom. The van der Waals surface area contributed by atoms with Crippen molar-refractivity contribution in [3.05, 3.63) is 53.8 Å². The molecule has 1 heterocycles. The highest BCUT2D eigenvalue weighted by Gasteiger charge is 2.34. The Kier molecular flexibility index (Phi) is 5.62. The molecule has 0 radical (unpaired) electrons. The SMILES string of the molecule is O=C(Nc1ccc(Oc2ccccc2C(F)(F)F)c(F)c1)[C@H]1COCCO1. The van der Waals surface area contributed by atoms with Gasteiger partial charge in [0.25, 0.3) is 5.91 Å². The van der Waals surface area contributed by atoms with E-state index < -0.39 is 41.1 Å². The van der Waals surface area contributed by atoms with Crippen molar-refractivity contribution in [1.82, 2.24) is 0 Å².